The third-order valence-corrected chi connectivity index (χ3v) is 6.56. The van der Waals surface area contributed by atoms with Crippen molar-refractivity contribution >= 4 is 37.2 Å². The molecule has 126 valence electrons. The molecule has 0 aliphatic rings. The Hall–Kier alpha value is -2.56. The summed E-state index contributed by atoms with van der Waals surface area (Å²) < 4.78 is 25.4. The number of Topliss-reactive ketones (excluding diaryl/α,β-unsaturated/α-hetero) is 1. The maximum Gasteiger partial charge on any atom is 0.178 e. The maximum absolute atomic E-state index is 12.4. The lowest BCUT2D eigenvalue weighted by atomic mass is 10.1. The van der Waals surface area contributed by atoms with E-state index in [4.69, 9.17) is 0 Å². The van der Waals surface area contributed by atoms with Gasteiger partial charge in [0, 0.05) is 6.42 Å². The summed E-state index contributed by atoms with van der Waals surface area (Å²) in [6.07, 6.45) is -0.217. The maximum atomic E-state index is 12.4. The molecule has 1 aromatic heterocycles. The van der Waals surface area contributed by atoms with E-state index >= 15 is 0 Å². The molecule has 7 heteroatoms. The minimum absolute atomic E-state index is 0.177. The van der Waals surface area contributed by atoms with Gasteiger partial charge in [0.15, 0.2) is 21.5 Å². The van der Waals surface area contributed by atoms with E-state index in [1.165, 1.54) is 23.5 Å². The van der Waals surface area contributed by atoms with Crippen LogP contribution in [0.4, 0.5) is 0 Å². The van der Waals surface area contributed by atoms with Crippen LogP contribution >= 0.6 is 11.3 Å². The van der Waals surface area contributed by atoms with Crippen molar-refractivity contribution in [1.29, 1.82) is 5.26 Å². The van der Waals surface area contributed by atoms with Crippen LogP contribution in [0.5, 0.6) is 0 Å². The number of ketones is 1. The van der Waals surface area contributed by atoms with Crippen molar-refractivity contribution in [2.75, 3.05) is 5.75 Å². The van der Waals surface area contributed by atoms with Gasteiger partial charge in [0.1, 0.15) is 5.01 Å². The first-order valence-electron chi connectivity index (χ1n) is 7.57. The van der Waals surface area contributed by atoms with Gasteiger partial charge in [-0.25, -0.2) is 13.4 Å². The molecule has 0 bridgehead atoms. The molecular formula is C18H14N2O3S2. The molecule has 3 aromatic rings. The molecule has 1 unspecified atom stereocenters. The van der Waals surface area contributed by atoms with E-state index in [9.17, 15) is 18.5 Å². The van der Waals surface area contributed by atoms with Gasteiger partial charge in [-0.3, -0.25) is 4.79 Å². The standard InChI is InChI=1S/C18H14N2O3S2/c19-12-14(18-20-15-8-4-5-9-17(15)24-18)16(21)10-11-25(22,23)13-6-2-1-3-7-13/h1-9,14H,10-11H2. The summed E-state index contributed by atoms with van der Waals surface area (Å²) in [5.74, 6) is -1.79. The molecule has 0 spiro atoms. The number of sulfone groups is 1. The Balaban J connectivity index is 1.76. The van der Waals surface area contributed by atoms with E-state index < -0.39 is 21.5 Å². The van der Waals surface area contributed by atoms with Crippen molar-refractivity contribution in [2.24, 2.45) is 0 Å². The molecule has 2 aromatic carbocycles. The van der Waals surface area contributed by atoms with Gasteiger partial charge in [0.25, 0.3) is 0 Å². The van der Waals surface area contributed by atoms with Crippen LogP contribution in [0, 0.1) is 11.3 Å². The summed E-state index contributed by atoms with van der Waals surface area (Å²) in [6, 6.07) is 17.3. The van der Waals surface area contributed by atoms with Crippen LogP contribution in [0.1, 0.15) is 17.3 Å². The smallest absolute Gasteiger partial charge is 0.178 e. The normalized spacial score (nSPS) is 12.6. The highest BCUT2D eigenvalue weighted by atomic mass is 32.2. The summed E-state index contributed by atoms with van der Waals surface area (Å²) in [6.45, 7) is 0. The molecule has 25 heavy (non-hydrogen) atoms. The number of hydrogen-bond acceptors (Lipinski definition) is 6. The minimum Gasteiger partial charge on any atom is -0.298 e. The molecule has 0 amide bonds. The molecule has 1 heterocycles. The van der Waals surface area contributed by atoms with Crippen LogP contribution in [-0.2, 0) is 14.6 Å². The number of rotatable bonds is 6. The fourth-order valence-electron chi connectivity index (χ4n) is 2.40. The third kappa shape index (κ3) is 3.76. The molecule has 0 N–H and O–H groups in total. The van der Waals surface area contributed by atoms with Crippen molar-refractivity contribution in [3.05, 3.63) is 59.6 Å². The van der Waals surface area contributed by atoms with E-state index in [1.807, 2.05) is 30.3 Å². The summed E-state index contributed by atoms with van der Waals surface area (Å²) >= 11 is 1.28. The lowest BCUT2D eigenvalue weighted by Crippen LogP contribution is -2.16. The van der Waals surface area contributed by atoms with Crippen molar-refractivity contribution in [3.8, 4) is 6.07 Å². The van der Waals surface area contributed by atoms with E-state index in [0.29, 0.717) is 5.01 Å². The van der Waals surface area contributed by atoms with E-state index in [-0.39, 0.29) is 17.1 Å². The second-order valence-electron chi connectivity index (χ2n) is 5.43. The van der Waals surface area contributed by atoms with Crippen LogP contribution in [-0.4, -0.2) is 24.9 Å². The Morgan fingerprint density at radius 3 is 2.48 bits per heavy atom. The van der Waals surface area contributed by atoms with Gasteiger partial charge < -0.3 is 0 Å². The second-order valence-corrected chi connectivity index (χ2v) is 8.60. The zero-order chi connectivity index (χ0) is 17.9. The molecule has 0 radical (unpaired) electrons. The lowest BCUT2D eigenvalue weighted by molar-refractivity contribution is -0.119. The number of fused-ring (bicyclic) bond motifs is 1. The summed E-state index contributed by atoms with van der Waals surface area (Å²) in [7, 11) is -3.55. The summed E-state index contributed by atoms with van der Waals surface area (Å²) in [4.78, 5) is 16.9. The van der Waals surface area contributed by atoms with Gasteiger partial charge in [-0.2, -0.15) is 5.26 Å². The molecule has 5 nitrogen and oxygen atoms in total. The predicted octanol–water partition coefficient (Wildman–Crippen LogP) is 3.34. The zero-order valence-electron chi connectivity index (χ0n) is 13.1. The van der Waals surface area contributed by atoms with E-state index in [2.05, 4.69) is 4.98 Å². The number of carbonyl (C=O) groups excluding carboxylic acids is 1. The molecule has 3 rings (SSSR count). The SMILES string of the molecule is N#CC(C(=O)CCS(=O)(=O)c1ccccc1)c1nc2ccccc2s1. The van der Waals surface area contributed by atoms with Crippen LogP contribution < -0.4 is 0 Å². The molecule has 0 aliphatic heterocycles. The largest absolute Gasteiger partial charge is 0.298 e. The number of carbonyl (C=O) groups is 1. The summed E-state index contributed by atoms with van der Waals surface area (Å²) in [5.41, 5.74) is 0.729. The number of para-hydroxylation sites is 1. The highest BCUT2D eigenvalue weighted by Crippen LogP contribution is 2.28. The van der Waals surface area contributed by atoms with Gasteiger partial charge in [0.2, 0.25) is 0 Å². The second kappa shape index (κ2) is 7.13. The highest BCUT2D eigenvalue weighted by molar-refractivity contribution is 7.91. The van der Waals surface area contributed by atoms with Gasteiger partial charge in [-0.1, -0.05) is 30.3 Å². The number of nitrogens with zero attached hydrogens (tertiary/aromatic N) is 2. The number of nitriles is 1. The fourth-order valence-corrected chi connectivity index (χ4v) is 4.72. The highest BCUT2D eigenvalue weighted by Gasteiger charge is 2.26. The van der Waals surface area contributed by atoms with Crippen molar-refractivity contribution in [2.45, 2.75) is 17.2 Å². The van der Waals surface area contributed by atoms with Gasteiger partial charge in [-0.15, -0.1) is 11.3 Å². The number of hydrogen-bond donors (Lipinski definition) is 0. The Labute approximate surface area is 149 Å². The van der Waals surface area contributed by atoms with Crippen molar-refractivity contribution in [1.82, 2.24) is 4.98 Å². The minimum atomic E-state index is -3.55. The third-order valence-electron chi connectivity index (χ3n) is 3.73. The molecule has 1 atom stereocenters. The molecular weight excluding hydrogens is 356 g/mol. The van der Waals surface area contributed by atoms with Gasteiger partial charge >= 0.3 is 0 Å². The van der Waals surface area contributed by atoms with Crippen LogP contribution in [0.15, 0.2) is 59.5 Å². The van der Waals surface area contributed by atoms with E-state index in [1.54, 1.807) is 18.2 Å². The molecule has 0 saturated carbocycles. The molecule has 0 saturated heterocycles. The van der Waals surface area contributed by atoms with Crippen molar-refractivity contribution < 1.29 is 13.2 Å². The zero-order valence-corrected chi connectivity index (χ0v) is 14.8. The number of thiazole rings is 1. The Morgan fingerprint density at radius 2 is 1.80 bits per heavy atom. The van der Waals surface area contributed by atoms with Crippen LogP contribution in [0.2, 0.25) is 0 Å². The van der Waals surface area contributed by atoms with Crippen molar-refractivity contribution in [3.63, 3.8) is 0 Å². The topological polar surface area (TPSA) is 87.9 Å². The average Bonchev–Trinajstić information content (AvgIpc) is 3.05. The van der Waals surface area contributed by atoms with Gasteiger partial charge in [0.05, 0.1) is 26.9 Å². The predicted molar refractivity (Wildman–Crippen MR) is 96.1 cm³/mol. The first kappa shape index (κ1) is 17.3. The molecule has 0 fully saturated rings. The van der Waals surface area contributed by atoms with E-state index in [0.717, 1.165) is 10.2 Å². The first-order chi connectivity index (χ1) is 12.0. The fraction of sp³-hybridized carbons (Fsp3) is 0.167. The Bertz CT molecular complexity index is 1020. The summed E-state index contributed by atoms with van der Waals surface area (Å²) in [5, 5.41) is 9.78. The lowest BCUT2D eigenvalue weighted by Gasteiger charge is -2.06. The monoisotopic (exact) mass is 370 g/mol. The quantitative estimate of drug-likeness (QED) is 0.664. The van der Waals surface area contributed by atoms with Gasteiger partial charge in [-0.05, 0) is 24.3 Å². The number of benzene rings is 2. The van der Waals surface area contributed by atoms with Crippen LogP contribution in [0.3, 0.4) is 0 Å². The molecule has 0 aliphatic carbocycles. The first-order valence-corrected chi connectivity index (χ1v) is 10.0. The average molecular weight is 370 g/mol. The Morgan fingerprint density at radius 1 is 1.12 bits per heavy atom. The van der Waals surface area contributed by atoms with Crippen LogP contribution in [0.25, 0.3) is 10.2 Å². The number of aromatic nitrogens is 1. The Kier molecular flexibility index (Phi) is 4.93.